The standard InChI is InChI=1S/C14H20N2O/c17-14(12-6-7-15-8-12)16-9-11-5-4-10-2-1-3-13(10)11/h6-8,10-11,13,15H,1-5,9H2,(H,16,17)/t10-,11+,13-/m0/s1. The molecule has 2 fully saturated rings. The number of fused-ring (bicyclic) bond motifs is 1. The van der Waals surface area contributed by atoms with E-state index in [0.29, 0.717) is 0 Å². The van der Waals surface area contributed by atoms with Gasteiger partial charge in [-0.25, -0.2) is 0 Å². The Balaban J connectivity index is 1.53. The zero-order valence-corrected chi connectivity index (χ0v) is 10.1. The van der Waals surface area contributed by atoms with Crippen molar-refractivity contribution in [2.75, 3.05) is 6.54 Å². The fraction of sp³-hybridized carbons (Fsp3) is 0.643. The van der Waals surface area contributed by atoms with Crippen LogP contribution >= 0.6 is 0 Å². The molecular formula is C14H20N2O. The Morgan fingerprint density at radius 3 is 3.12 bits per heavy atom. The SMILES string of the molecule is O=C(NC[C@H]1CC[C@@H]2CCC[C@@H]21)c1cc[nH]c1. The predicted octanol–water partition coefficient (Wildman–Crippen LogP) is 2.57. The van der Waals surface area contributed by atoms with Crippen LogP contribution in [0.2, 0.25) is 0 Å². The quantitative estimate of drug-likeness (QED) is 0.826. The van der Waals surface area contributed by atoms with Crippen LogP contribution in [-0.2, 0) is 0 Å². The third kappa shape index (κ3) is 2.11. The Morgan fingerprint density at radius 2 is 2.29 bits per heavy atom. The molecule has 0 aromatic carbocycles. The summed E-state index contributed by atoms with van der Waals surface area (Å²) in [5, 5.41) is 3.08. The van der Waals surface area contributed by atoms with E-state index in [-0.39, 0.29) is 5.91 Å². The van der Waals surface area contributed by atoms with Crippen LogP contribution in [0.5, 0.6) is 0 Å². The highest BCUT2D eigenvalue weighted by atomic mass is 16.1. The monoisotopic (exact) mass is 232 g/mol. The summed E-state index contributed by atoms with van der Waals surface area (Å²) in [6.07, 6.45) is 10.4. The molecule has 1 aromatic rings. The minimum absolute atomic E-state index is 0.0627. The molecule has 1 aromatic heterocycles. The number of hydrogen-bond donors (Lipinski definition) is 2. The summed E-state index contributed by atoms with van der Waals surface area (Å²) in [4.78, 5) is 14.7. The first-order valence-electron chi connectivity index (χ1n) is 6.75. The second kappa shape index (κ2) is 4.55. The molecule has 2 saturated carbocycles. The summed E-state index contributed by atoms with van der Waals surface area (Å²) < 4.78 is 0. The number of aromatic nitrogens is 1. The Kier molecular flexibility index (Phi) is 2.91. The molecule has 2 N–H and O–H groups in total. The highest BCUT2D eigenvalue weighted by Crippen LogP contribution is 2.47. The highest BCUT2D eigenvalue weighted by Gasteiger charge is 2.38. The van der Waals surface area contributed by atoms with Gasteiger partial charge in [-0.05, 0) is 43.1 Å². The molecule has 3 rings (SSSR count). The third-order valence-corrected chi connectivity index (χ3v) is 4.62. The normalized spacial score (nSPS) is 31.4. The van der Waals surface area contributed by atoms with Crippen LogP contribution < -0.4 is 5.32 Å². The van der Waals surface area contributed by atoms with Gasteiger partial charge in [-0.3, -0.25) is 4.79 Å². The number of nitrogens with one attached hydrogen (secondary N) is 2. The fourth-order valence-corrected chi connectivity index (χ4v) is 3.73. The van der Waals surface area contributed by atoms with Gasteiger partial charge in [-0.15, -0.1) is 0 Å². The number of hydrogen-bond acceptors (Lipinski definition) is 1. The van der Waals surface area contributed by atoms with Gasteiger partial charge in [0.1, 0.15) is 0 Å². The average molecular weight is 232 g/mol. The largest absolute Gasteiger partial charge is 0.367 e. The summed E-state index contributed by atoms with van der Waals surface area (Å²) in [7, 11) is 0. The molecular weight excluding hydrogens is 212 g/mol. The lowest BCUT2D eigenvalue weighted by molar-refractivity contribution is 0.0943. The molecule has 3 heteroatoms. The molecule has 0 radical (unpaired) electrons. The van der Waals surface area contributed by atoms with E-state index in [4.69, 9.17) is 0 Å². The van der Waals surface area contributed by atoms with Crippen LogP contribution in [0.3, 0.4) is 0 Å². The number of aromatic amines is 1. The van der Waals surface area contributed by atoms with E-state index < -0.39 is 0 Å². The van der Waals surface area contributed by atoms with Crippen LogP contribution in [0.25, 0.3) is 0 Å². The topological polar surface area (TPSA) is 44.9 Å². The highest BCUT2D eigenvalue weighted by molar-refractivity contribution is 5.93. The zero-order chi connectivity index (χ0) is 11.7. The minimum atomic E-state index is 0.0627. The molecule has 17 heavy (non-hydrogen) atoms. The minimum Gasteiger partial charge on any atom is -0.367 e. The number of carbonyl (C=O) groups is 1. The van der Waals surface area contributed by atoms with E-state index in [0.717, 1.165) is 29.9 Å². The number of amides is 1. The van der Waals surface area contributed by atoms with E-state index in [1.807, 2.05) is 6.07 Å². The molecule has 3 atom stereocenters. The van der Waals surface area contributed by atoms with Gasteiger partial charge in [-0.2, -0.15) is 0 Å². The van der Waals surface area contributed by atoms with Gasteiger partial charge in [0.2, 0.25) is 0 Å². The molecule has 2 aliphatic carbocycles. The summed E-state index contributed by atoms with van der Waals surface area (Å²) in [5.74, 6) is 2.64. The van der Waals surface area contributed by atoms with Gasteiger partial charge >= 0.3 is 0 Å². The molecule has 1 heterocycles. The van der Waals surface area contributed by atoms with E-state index in [1.165, 1.54) is 32.1 Å². The molecule has 0 bridgehead atoms. The van der Waals surface area contributed by atoms with E-state index in [9.17, 15) is 4.79 Å². The summed E-state index contributed by atoms with van der Waals surface area (Å²) >= 11 is 0. The molecule has 0 unspecified atom stereocenters. The van der Waals surface area contributed by atoms with Crippen LogP contribution in [0.15, 0.2) is 18.5 Å². The third-order valence-electron chi connectivity index (χ3n) is 4.62. The Labute approximate surface area is 102 Å². The van der Waals surface area contributed by atoms with Crippen molar-refractivity contribution in [3.63, 3.8) is 0 Å². The smallest absolute Gasteiger partial charge is 0.252 e. The summed E-state index contributed by atoms with van der Waals surface area (Å²) in [6.45, 7) is 0.866. The van der Waals surface area contributed by atoms with Crippen molar-refractivity contribution in [1.29, 1.82) is 0 Å². The van der Waals surface area contributed by atoms with Crippen molar-refractivity contribution in [1.82, 2.24) is 10.3 Å². The lowest BCUT2D eigenvalue weighted by Crippen LogP contribution is -2.30. The van der Waals surface area contributed by atoms with Crippen molar-refractivity contribution in [2.45, 2.75) is 32.1 Å². The Morgan fingerprint density at radius 1 is 1.35 bits per heavy atom. The second-order valence-electron chi connectivity index (χ2n) is 5.50. The van der Waals surface area contributed by atoms with Gasteiger partial charge in [0, 0.05) is 18.9 Å². The molecule has 3 nitrogen and oxygen atoms in total. The molecule has 1 amide bonds. The molecule has 0 aliphatic heterocycles. The van der Waals surface area contributed by atoms with E-state index in [2.05, 4.69) is 10.3 Å². The van der Waals surface area contributed by atoms with E-state index >= 15 is 0 Å². The van der Waals surface area contributed by atoms with Gasteiger partial charge in [-0.1, -0.05) is 12.8 Å². The molecule has 2 aliphatic rings. The van der Waals surface area contributed by atoms with Crippen molar-refractivity contribution in [2.24, 2.45) is 17.8 Å². The first kappa shape index (κ1) is 10.9. The van der Waals surface area contributed by atoms with E-state index in [1.54, 1.807) is 12.4 Å². The summed E-state index contributed by atoms with van der Waals surface area (Å²) in [5.41, 5.74) is 0.742. The van der Waals surface area contributed by atoms with Crippen molar-refractivity contribution < 1.29 is 4.79 Å². The maximum atomic E-state index is 11.8. The lowest BCUT2D eigenvalue weighted by atomic mass is 9.92. The number of carbonyl (C=O) groups excluding carboxylic acids is 1. The molecule has 0 spiro atoms. The van der Waals surface area contributed by atoms with Crippen LogP contribution in [0, 0.1) is 17.8 Å². The van der Waals surface area contributed by atoms with Crippen molar-refractivity contribution in [3.8, 4) is 0 Å². The Bertz CT molecular complexity index is 385. The Hall–Kier alpha value is -1.25. The van der Waals surface area contributed by atoms with Crippen LogP contribution in [-0.4, -0.2) is 17.4 Å². The average Bonchev–Trinajstić information content (AvgIpc) is 3.03. The fourth-order valence-electron chi connectivity index (χ4n) is 3.73. The summed E-state index contributed by atoms with van der Waals surface area (Å²) in [6, 6.07) is 1.82. The molecule has 92 valence electrons. The second-order valence-corrected chi connectivity index (χ2v) is 5.50. The van der Waals surface area contributed by atoms with Gasteiger partial charge < -0.3 is 10.3 Å². The molecule has 0 saturated heterocycles. The van der Waals surface area contributed by atoms with Gasteiger partial charge in [0.05, 0.1) is 5.56 Å². The van der Waals surface area contributed by atoms with Crippen molar-refractivity contribution >= 4 is 5.91 Å². The zero-order valence-electron chi connectivity index (χ0n) is 10.1. The lowest BCUT2D eigenvalue weighted by Gasteiger charge is -2.18. The maximum absolute atomic E-state index is 11.8. The van der Waals surface area contributed by atoms with Crippen molar-refractivity contribution in [3.05, 3.63) is 24.0 Å². The first-order chi connectivity index (χ1) is 8.34. The number of H-pyrrole nitrogens is 1. The van der Waals surface area contributed by atoms with Gasteiger partial charge in [0.25, 0.3) is 5.91 Å². The number of rotatable bonds is 3. The van der Waals surface area contributed by atoms with Crippen LogP contribution in [0.4, 0.5) is 0 Å². The van der Waals surface area contributed by atoms with Crippen LogP contribution in [0.1, 0.15) is 42.5 Å². The first-order valence-corrected chi connectivity index (χ1v) is 6.75. The van der Waals surface area contributed by atoms with Gasteiger partial charge in [0.15, 0.2) is 0 Å². The predicted molar refractivity (Wildman–Crippen MR) is 66.7 cm³/mol. The maximum Gasteiger partial charge on any atom is 0.252 e.